The Morgan fingerprint density at radius 3 is 2.32 bits per heavy atom. The third kappa shape index (κ3) is 6.34. The molecule has 31 heavy (non-hydrogen) atoms. The smallest absolute Gasteiger partial charge is 0.191 e. The van der Waals surface area contributed by atoms with Crippen LogP contribution in [0.5, 0.6) is 11.5 Å². The van der Waals surface area contributed by atoms with Gasteiger partial charge in [-0.15, -0.1) is 0 Å². The predicted octanol–water partition coefficient (Wildman–Crippen LogP) is 3.52. The standard InChI is InChI=1S/C24H32FN3O3/c1-18(31-22-10-6-20(25)7-11-22)16-27-23(26-2)28-17-24(12-14-30-15-13-24)19-4-8-21(29-3)9-5-19/h4-11,18H,12-17H2,1-3H3,(H2,26,27,28). The SMILES string of the molecule is CN=C(NCC(C)Oc1ccc(F)cc1)NCC1(c2ccc(OC)cc2)CCOCC1. The van der Waals surface area contributed by atoms with Gasteiger partial charge in [0.2, 0.25) is 0 Å². The number of nitrogens with one attached hydrogen (secondary N) is 2. The molecular weight excluding hydrogens is 397 g/mol. The normalized spacial score (nSPS) is 17.0. The number of aliphatic imine (C=N–C) groups is 1. The number of methoxy groups -OCH3 is 1. The van der Waals surface area contributed by atoms with Crippen molar-refractivity contribution in [3.63, 3.8) is 0 Å². The number of halogens is 1. The lowest BCUT2D eigenvalue weighted by atomic mass is 9.74. The first-order valence-corrected chi connectivity index (χ1v) is 10.6. The van der Waals surface area contributed by atoms with E-state index in [2.05, 4.69) is 27.8 Å². The van der Waals surface area contributed by atoms with E-state index in [1.54, 1.807) is 26.3 Å². The van der Waals surface area contributed by atoms with Gasteiger partial charge >= 0.3 is 0 Å². The first-order valence-electron chi connectivity index (χ1n) is 10.6. The van der Waals surface area contributed by atoms with Crippen molar-refractivity contribution >= 4 is 5.96 Å². The van der Waals surface area contributed by atoms with Crippen LogP contribution >= 0.6 is 0 Å². The minimum atomic E-state index is -0.276. The van der Waals surface area contributed by atoms with Gasteiger partial charge in [0.1, 0.15) is 23.4 Å². The summed E-state index contributed by atoms with van der Waals surface area (Å²) in [6.45, 7) is 4.75. The highest BCUT2D eigenvalue weighted by molar-refractivity contribution is 5.79. The minimum Gasteiger partial charge on any atom is -0.497 e. The minimum absolute atomic E-state index is 0.0294. The van der Waals surface area contributed by atoms with Crippen LogP contribution in [0.4, 0.5) is 4.39 Å². The fourth-order valence-electron chi connectivity index (χ4n) is 3.78. The van der Waals surface area contributed by atoms with E-state index in [1.165, 1.54) is 17.7 Å². The lowest BCUT2D eigenvalue weighted by Gasteiger charge is -2.38. The Labute approximate surface area is 183 Å². The molecule has 1 heterocycles. The van der Waals surface area contributed by atoms with Crippen molar-refractivity contribution in [3.8, 4) is 11.5 Å². The Hall–Kier alpha value is -2.80. The quantitative estimate of drug-likeness (QED) is 0.497. The van der Waals surface area contributed by atoms with Crippen LogP contribution in [0.15, 0.2) is 53.5 Å². The molecule has 1 atom stereocenters. The Kier molecular flexibility index (Phi) is 8.12. The van der Waals surface area contributed by atoms with Crippen LogP contribution in [0.2, 0.25) is 0 Å². The maximum Gasteiger partial charge on any atom is 0.191 e. The van der Waals surface area contributed by atoms with Crippen LogP contribution in [0.3, 0.4) is 0 Å². The van der Waals surface area contributed by atoms with Crippen LogP contribution in [-0.2, 0) is 10.2 Å². The Morgan fingerprint density at radius 1 is 1.06 bits per heavy atom. The molecule has 0 bridgehead atoms. The van der Waals surface area contributed by atoms with E-state index in [9.17, 15) is 4.39 Å². The zero-order chi connectivity index (χ0) is 22.1. The number of benzene rings is 2. The van der Waals surface area contributed by atoms with Crippen molar-refractivity contribution < 1.29 is 18.6 Å². The van der Waals surface area contributed by atoms with Crippen molar-refractivity contribution in [2.24, 2.45) is 4.99 Å². The number of guanidine groups is 1. The largest absolute Gasteiger partial charge is 0.497 e. The molecular formula is C24H32FN3O3. The van der Waals surface area contributed by atoms with Gasteiger partial charge in [0.25, 0.3) is 0 Å². The molecule has 1 aliphatic rings. The summed E-state index contributed by atoms with van der Waals surface area (Å²) in [6.07, 6.45) is 1.77. The topological polar surface area (TPSA) is 64.1 Å². The molecule has 2 aromatic carbocycles. The maximum absolute atomic E-state index is 13.0. The van der Waals surface area contributed by atoms with Crippen LogP contribution in [0.25, 0.3) is 0 Å². The van der Waals surface area contributed by atoms with E-state index in [0.717, 1.165) is 38.3 Å². The average Bonchev–Trinajstić information content (AvgIpc) is 2.81. The lowest BCUT2D eigenvalue weighted by molar-refractivity contribution is 0.0513. The van der Waals surface area contributed by atoms with Crippen molar-refractivity contribution in [1.82, 2.24) is 10.6 Å². The number of nitrogens with zero attached hydrogens (tertiary/aromatic N) is 1. The summed E-state index contributed by atoms with van der Waals surface area (Å²) in [5.74, 6) is 1.93. The van der Waals surface area contributed by atoms with Gasteiger partial charge in [-0.25, -0.2) is 4.39 Å². The monoisotopic (exact) mass is 429 g/mol. The van der Waals surface area contributed by atoms with E-state index >= 15 is 0 Å². The summed E-state index contributed by atoms with van der Waals surface area (Å²) in [4.78, 5) is 4.35. The Balaban J connectivity index is 1.57. The molecule has 3 rings (SSSR count). The summed E-state index contributed by atoms with van der Waals surface area (Å²) >= 11 is 0. The molecule has 7 heteroatoms. The summed E-state index contributed by atoms with van der Waals surface area (Å²) in [6, 6.07) is 14.3. The van der Waals surface area contributed by atoms with E-state index in [4.69, 9.17) is 14.2 Å². The summed E-state index contributed by atoms with van der Waals surface area (Å²) < 4.78 is 29.8. The van der Waals surface area contributed by atoms with Gasteiger partial charge in [-0.3, -0.25) is 4.99 Å². The van der Waals surface area contributed by atoms with Crippen LogP contribution in [-0.4, -0.2) is 52.5 Å². The number of rotatable bonds is 8. The molecule has 6 nitrogen and oxygen atoms in total. The highest BCUT2D eigenvalue weighted by Gasteiger charge is 2.34. The average molecular weight is 430 g/mol. The molecule has 1 fully saturated rings. The molecule has 0 saturated carbocycles. The predicted molar refractivity (Wildman–Crippen MR) is 121 cm³/mol. The summed E-state index contributed by atoms with van der Waals surface area (Å²) in [7, 11) is 3.43. The van der Waals surface area contributed by atoms with Crippen LogP contribution in [0.1, 0.15) is 25.3 Å². The number of hydrogen-bond donors (Lipinski definition) is 2. The molecule has 1 unspecified atom stereocenters. The highest BCUT2D eigenvalue weighted by atomic mass is 19.1. The summed E-state index contributed by atoms with van der Waals surface area (Å²) in [5.41, 5.74) is 1.24. The van der Waals surface area contributed by atoms with Gasteiger partial charge in [0.05, 0.1) is 13.7 Å². The molecule has 2 N–H and O–H groups in total. The van der Waals surface area contributed by atoms with Gasteiger partial charge in [0, 0.05) is 32.2 Å². The van der Waals surface area contributed by atoms with Crippen molar-refractivity contribution in [2.45, 2.75) is 31.3 Å². The van der Waals surface area contributed by atoms with Gasteiger partial charge in [-0.05, 0) is 61.7 Å². The van der Waals surface area contributed by atoms with Crippen LogP contribution in [0, 0.1) is 5.82 Å². The Morgan fingerprint density at radius 2 is 1.71 bits per heavy atom. The maximum atomic E-state index is 13.0. The third-order valence-corrected chi connectivity index (χ3v) is 5.68. The van der Waals surface area contributed by atoms with Gasteiger partial charge in [-0.2, -0.15) is 0 Å². The van der Waals surface area contributed by atoms with E-state index in [-0.39, 0.29) is 17.3 Å². The summed E-state index contributed by atoms with van der Waals surface area (Å²) in [5, 5.41) is 6.80. The van der Waals surface area contributed by atoms with E-state index in [1.807, 2.05) is 19.1 Å². The molecule has 0 radical (unpaired) electrons. The molecule has 1 aliphatic heterocycles. The first kappa shape index (κ1) is 22.9. The zero-order valence-corrected chi connectivity index (χ0v) is 18.5. The fraction of sp³-hybridized carbons (Fsp3) is 0.458. The van der Waals surface area contributed by atoms with Crippen molar-refractivity contribution in [1.29, 1.82) is 0 Å². The van der Waals surface area contributed by atoms with Crippen molar-refractivity contribution in [2.75, 3.05) is 40.5 Å². The molecule has 1 saturated heterocycles. The molecule has 0 aliphatic carbocycles. The first-order chi connectivity index (χ1) is 15.0. The number of hydrogen-bond acceptors (Lipinski definition) is 4. The molecule has 2 aromatic rings. The second-order valence-electron chi connectivity index (χ2n) is 7.81. The third-order valence-electron chi connectivity index (χ3n) is 5.68. The van der Waals surface area contributed by atoms with Gasteiger partial charge in [-0.1, -0.05) is 12.1 Å². The molecule has 0 aromatic heterocycles. The molecule has 0 amide bonds. The van der Waals surface area contributed by atoms with E-state index in [0.29, 0.717) is 18.3 Å². The van der Waals surface area contributed by atoms with Gasteiger partial charge < -0.3 is 24.8 Å². The Bertz CT molecular complexity index is 834. The number of ether oxygens (including phenoxy) is 3. The second-order valence-corrected chi connectivity index (χ2v) is 7.81. The van der Waals surface area contributed by atoms with E-state index < -0.39 is 0 Å². The fourth-order valence-corrected chi connectivity index (χ4v) is 3.78. The lowest BCUT2D eigenvalue weighted by Crippen LogP contribution is -2.49. The molecule has 0 spiro atoms. The zero-order valence-electron chi connectivity index (χ0n) is 18.5. The highest BCUT2D eigenvalue weighted by Crippen LogP contribution is 2.35. The van der Waals surface area contributed by atoms with Gasteiger partial charge in [0.15, 0.2) is 5.96 Å². The second kappa shape index (κ2) is 11.0. The van der Waals surface area contributed by atoms with Crippen LogP contribution < -0.4 is 20.1 Å². The van der Waals surface area contributed by atoms with Crippen molar-refractivity contribution in [3.05, 3.63) is 59.9 Å². The molecule has 168 valence electrons.